The van der Waals surface area contributed by atoms with Gasteiger partial charge in [0.15, 0.2) is 0 Å². The molecule has 5 nitrogen and oxygen atoms in total. The highest BCUT2D eigenvalue weighted by molar-refractivity contribution is 6.28. The average Bonchev–Trinajstić information content (AvgIpc) is 2.27. The quantitative estimate of drug-likeness (QED) is 0.887. The maximum atomic E-state index is 13.5. The predicted molar refractivity (Wildman–Crippen MR) is 63.7 cm³/mol. The van der Waals surface area contributed by atoms with Crippen LogP contribution in [-0.2, 0) is 0 Å². The maximum absolute atomic E-state index is 13.5. The fourth-order valence-electron chi connectivity index (χ4n) is 1.34. The molecule has 0 spiro atoms. The lowest BCUT2D eigenvalue weighted by atomic mass is 10.3. The third-order valence-electron chi connectivity index (χ3n) is 2.13. The summed E-state index contributed by atoms with van der Waals surface area (Å²) in [4.78, 5) is 12.8. The van der Waals surface area contributed by atoms with E-state index in [0.717, 1.165) is 0 Å². The average molecular weight is 254 g/mol. The number of benzene rings is 1. The highest BCUT2D eigenvalue weighted by atomic mass is 35.5. The van der Waals surface area contributed by atoms with E-state index >= 15 is 0 Å². The summed E-state index contributed by atoms with van der Waals surface area (Å²) in [5.41, 5.74) is 5.77. The Balaban J connectivity index is 2.43. The Hall–Kier alpha value is -1.95. The van der Waals surface area contributed by atoms with Gasteiger partial charge in [0.2, 0.25) is 17.2 Å². The van der Waals surface area contributed by atoms with Crippen LogP contribution in [0.15, 0.2) is 24.3 Å². The highest BCUT2D eigenvalue weighted by Gasteiger charge is 2.12. The van der Waals surface area contributed by atoms with Crippen molar-refractivity contribution in [3.63, 3.8) is 0 Å². The molecule has 0 saturated carbocycles. The van der Waals surface area contributed by atoms with E-state index in [1.165, 1.54) is 11.0 Å². The molecule has 0 aliphatic heterocycles. The van der Waals surface area contributed by atoms with Gasteiger partial charge in [0, 0.05) is 7.05 Å². The number of nitrogens with two attached hydrogens (primary N) is 1. The van der Waals surface area contributed by atoms with Crippen LogP contribution in [0.25, 0.3) is 0 Å². The third-order valence-corrected chi connectivity index (χ3v) is 2.30. The van der Waals surface area contributed by atoms with Crippen LogP contribution in [0.4, 0.5) is 22.0 Å². The van der Waals surface area contributed by atoms with Crippen LogP contribution >= 0.6 is 11.6 Å². The van der Waals surface area contributed by atoms with E-state index in [1.807, 2.05) is 0 Å². The first-order valence-corrected chi connectivity index (χ1v) is 5.11. The van der Waals surface area contributed by atoms with Crippen molar-refractivity contribution in [2.24, 2.45) is 0 Å². The van der Waals surface area contributed by atoms with Crippen LogP contribution in [0.3, 0.4) is 0 Å². The molecule has 0 saturated heterocycles. The molecule has 1 heterocycles. The van der Waals surface area contributed by atoms with Gasteiger partial charge in [-0.05, 0) is 23.7 Å². The van der Waals surface area contributed by atoms with Crippen molar-refractivity contribution in [2.75, 3.05) is 17.7 Å². The van der Waals surface area contributed by atoms with E-state index in [9.17, 15) is 4.39 Å². The summed E-state index contributed by atoms with van der Waals surface area (Å²) in [5, 5.41) is -0.0318. The number of nitrogen functional groups attached to an aromatic ring is 1. The molecule has 0 fully saturated rings. The Morgan fingerprint density at radius 3 is 2.59 bits per heavy atom. The zero-order valence-corrected chi connectivity index (χ0v) is 9.69. The van der Waals surface area contributed by atoms with Crippen LogP contribution in [0, 0.1) is 5.82 Å². The molecule has 2 aromatic rings. The van der Waals surface area contributed by atoms with Crippen LogP contribution in [0.1, 0.15) is 0 Å². The zero-order valence-electron chi connectivity index (χ0n) is 8.93. The Bertz CT molecular complexity index is 528. The summed E-state index contributed by atoms with van der Waals surface area (Å²) in [7, 11) is 1.61. The van der Waals surface area contributed by atoms with E-state index in [-0.39, 0.29) is 23.0 Å². The van der Waals surface area contributed by atoms with Gasteiger partial charge in [-0.3, -0.25) is 0 Å². The minimum atomic E-state index is -0.384. The Labute approximate surface area is 102 Å². The van der Waals surface area contributed by atoms with Gasteiger partial charge in [0.05, 0.1) is 5.69 Å². The number of rotatable bonds is 2. The fourth-order valence-corrected chi connectivity index (χ4v) is 1.50. The molecule has 17 heavy (non-hydrogen) atoms. The molecule has 0 bridgehead atoms. The lowest BCUT2D eigenvalue weighted by Crippen LogP contribution is -2.16. The number of hydrogen-bond acceptors (Lipinski definition) is 5. The summed E-state index contributed by atoms with van der Waals surface area (Å²) >= 11 is 5.66. The van der Waals surface area contributed by atoms with Gasteiger partial charge in [0.1, 0.15) is 5.82 Å². The second kappa shape index (κ2) is 4.50. The predicted octanol–water partition coefficient (Wildman–Crippen LogP) is 2.01. The molecule has 0 amide bonds. The van der Waals surface area contributed by atoms with E-state index < -0.39 is 0 Å². The topological polar surface area (TPSA) is 67.9 Å². The molecule has 0 aliphatic rings. The number of para-hydroxylation sites is 1. The first-order valence-electron chi connectivity index (χ1n) is 4.73. The first kappa shape index (κ1) is 11.5. The molecule has 1 aromatic carbocycles. The van der Waals surface area contributed by atoms with E-state index in [1.54, 1.807) is 25.2 Å². The van der Waals surface area contributed by atoms with Gasteiger partial charge in [0.25, 0.3) is 0 Å². The number of halogens is 2. The molecular formula is C10H9ClFN5. The van der Waals surface area contributed by atoms with Crippen LogP contribution in [-0.4, -0.2) is 22.0 Å². The minimum absolute atomic E-state index is 0.0109. The molecule has 2 N–H and O–H groups in total. The maximum Gasteiger partial charge on any atom is 0.235 e. The summed E-state index contributed by atoms with van der Waals surface area (Å²) in [6, 6.07) is 6.25. The molecule has 88 valence electrons. The number of hydrogen-bond donors (Lipinski definition) is 1. The monoisotopic (exact) mass is 253 g/mol. The Morgan fingerprint density at radius 1 is 1.24 bits per heavy atom. The first-order chi connectivity index (χ1) is 8.08. The largest absolute Gasteiger partial charge is 0.368 e. The third kappa shape index (κ3) is 2.42. The lowest BCUT2D eigenvalue weighted by Gasteiger charge is -2.17. The van der Waals surface area contributed by atoms with Crippen LogP contribution in [0.5, 0.6) is 0 Å². The standard InChI is InChI=1S/C10H9ClFN5/c1-17(7-5-3-2-4-6(7)12)10-15-8(11)14-9(13)16-10/h2-5H,1H3,(H2,13,14,15,16). The summed E-state index contributed by atoms with van der Waals surface area (Å²) in [6.45, 7) is 0. The molecule has 0 atom stereocenters. The van der Waals surface area contributed by atoms with Crippen molar-refractivity contribution in [1.82, 2.24) is 15.0 Å². The number of aromatic nitrogens is 3. The smallest absolute Gasteiger partial charge is 0.235 e. The second-order valence-electron chi connectivity index (χ2n) is 3.27. The molecule has 7 heteroatoms. The molecule has 0 aliphatic carbocycles. The van der Waals surface area contributed by atoms with Gasteiger partial charge in [-0.25, -0.2) is 4.39 Å². The van der Waals surface area contributed by atoms with Gasteiger partial charge >= 0.3 is 0 Å². The molecule has 0 unspecified atom stereocenters. The lowest BCUT2D eigenvalue weighted by molar-refractivity contribution is 0.627. The minimum Gasteiger partial charge on any atom is -0.368 e. The van der Waals surface area contributed by atoms with Gasteiger partial charge in [-0.15, -0.1) is 0 Å². The summed E-state index contributed by atoms with van der Waals surface area (Å²) in [5.74, 6) is -0.208. The zero-order chi connectivity index (χ0) is 12.4. The van der Waals surface area contributed by atoms with Crippen molar-refractivity contribution in [3.05, 3.63) is 35.4 Å². The summed E-state index contributed by atoms with van der Waals surface area (Å²) in [6.07, 6.45) is 0. The van der Waals surface area contributed by atoms with Crippen molar-refractivity contribution >= 4 is 29.2 Å². The van der Waals surface area contributed by atoms with Crippen molar-refractivity contribution < 1.29 is 4.39 Å². The van der Waals surface area contributed by atoms with E-state index in [2.05, 4.69) is 15.0 Å². The van der Waals surface area contributed by atoms with E-state index in [4.69, 9.17) is 17.3 Å². The second-order valence-corrected chi connectivity index (χ2v) is 3.61. The SMILES string of the molecule is CN(c1nc(N)nc(Cl)n1)c1ccccc1F. The Morgan fingerprint density at radius 2 is 1.94 bits per heavy atom. The molecular weight excluding hydrogens is 245 g/mol. The summed E-state index contributed by atoms with van der Waals surface area (Å²) < 4.78 is 13.5. The normalized spacial score (nSPS) is 10.3. The van der Waals surface area contributed by atoms with Crippen molar-refractivity contribution in [3.8, 4) is 0 Å². The number of nitrogens with zero attached hydrogens (tertiary/aromatic N) is 4. The molecule has 2 rings (SSSR count). The highest BCUT2D eigenvalue weighted by Crippen LogP contribution is 2.23. The van der Waals surface area contributed by atoms with Crippen LogP contribution in [0.2, 0.25) is 5.28 Å². The van der Waals surface area contributed by atoms with Crippen molar-refractivity contribution in [2.45, 2.75) is 0 Å². The van der Waals surface area contributed by atoms with Crippen LogP contribution < -0.4 is 10.6 Å². The molecule has 0 radical (unpaired) electrons. The van der Waals surface area contributed by atoms with Crippen molar-refractivity contribution in [1.29, 1.82) is 0 Å². The Kier molecular flexibility index (Phi) is 3.06. The van der Waals surface area contributed by atoms with Gasteiger partial charge in [-0.2, -0.15) is 15.0 Å². The van der Waals surface area contributed by atoms with E-state index in [0.29, 0.717) is 5.69 Å². The van der Waals surface area contributed by atoms with Gasteiger partial charge < -0.3 is 10.6 Å². The molecule has 1 aromatic heterocycles. The number of anilines is 3. The van der Waals surface area contributed by atoms with Gasteiger partial charge in [-0.1, -0.05) is 12.1 Å². The fraction of sp³-hybridized carbons (Fsp3) is 0.100.